The summed E-state index contributed by atoms with van der Waals surface area (Å²) in [5.74, 6) is -0.683. The monoisotopic (exact) mass is 780 g/mol. The van der Waals surface area contributed by atoms with E-state index in [-0.39, 0.29) is 41.3 Å². The van der Waals surface area contributed by atoms with Crippen LogP contribution in [0.25, 0.3) is 16.6 Å². The molecule has 2 N–H and O–H groups in total. The van der Waals surface area contributed by atoms with E-state index in [1.54, 1.807) is 35.5 Å². The van der Waals surface area contributed by atoms with Crippen LogP contribution in [0.4, 0.5) is 20.2 Å². The minimum absolute atomic E-state index is 0.107. The number of carbonyl (C=O) groups excluding carboxylic acids is 4. The van der Waals surface area contributed by atoms with E-state index < -0.39 is 30.9 Å². The molecule has 57 heavy (non-hydrogen) atoms. The molecule has 296 valence electrons. The van der Waals surface area contributed by atoms with Gasteiger partial charge in [-0.3, -0.25) is 34.1 Å². The quantitative estimate of drug-likeness (QED) is 0.196. The molecule has 1 aliphatic carbocycles. The molecular weight excluding hydrogens is 739 g/mol. The van der Waals surface area contributed by atoms with Crippen LogP contribution >= 0.6 is 0 Å². The molecule has 3 fully saturated rings. The standard InChI is InChI=1S/C40H42F2N10O5/c41-35(42)23-57-34-18-31-26(16-32(34)45-38(54)30-19-44-51-11-1-10-43-37(30)51)22-52(47-31)27-5-2-24(3-6-27)20-48-12-14-49(15-13-48)28-7-4-25-21-50(40(56)29(25)17-28)33-8-9-36(53)46-39(33)55/h1,4,7,10-11,16-19,22,24,27,33,35H,2-3,5-6,8-9,12-15,20-21,23H2,(H,45,54)(H,46,53,55). The number of halogens is 2. The van der Waals surface area contributed by atoms with Crippen molar-refractivity contribution in [1.29, 1.82) is 0 Å². The Bertz CT molecular complexity index is 2360. The van der Waals surface area contributed by atoms with E-state index in [0.717, 1.165) is 75.0 Å². The fourth-order valence-electron chi connectivity index (χ4n) is 8.69. The molecule has 1 atom stereocenters. The molecular formula is C40H42F2N10O5. The highest BCUT2D eigenvalue weighted by Crippen LogP contribution is 2.37. The molecule has 2 saturated heterocycles. The van der Waals surface area contributed by atoms with Crippen LogP contribution in [0.1, 0.15) is 70.8 Å². The van der Waals surface area contributed by atoms with Gasteiger partial charge in [-0.15, -0.1) is 0 Å². The number of hydrogen-bond acceptors (Lipinski definition) is 10. The van der Waals surface area contributed by atoms with E-state index in [9.17, 15) is 28.0 Å². The number of nitrogens with one attached hydrogen (secondary N) is 2. The summed E-state index contributed by atoms with van der Waals surface area (Å²) < 4.78 is 35.3. The third-order valence-electron chi connectivity index (χ3n) is 11.7. The Hall–Kier alpha value is -5.97. The number of carbonyl (C=O) groups is 4. The van der Waals surface area contributed by atoms with Crippen molar-refractivity contribution in [3.05, 3.63) is 77.9 Å². The van der Waals surface area contributed by atoms with Gasteiger partial charge in [0, 0.05) is 87.0 Å². The minimum atomic E-state index is -2.69. The average Bonchev–Trinajstić information content (AvgIpc) is 3.92. The van der Waals surface area contributed by atoms with Gasteiger partial charge in [0.05, 0.1) is 23.4 Å². The topological polar surface area (TPSA) is 159 Å². The van der Waals surface area contributed by atoms with Crippen LogP contribution in [0.5, 0.6) is 5.75 Å². The van der Waals surface area contributed by atoms with Gasteiger partial charge < -0.3 is 19.9 Å². The third-order valence-corrected chi connectivity index (χ3v) is 11.7. The molecule has 0 radical (unpaired) electrons. The van der Waals surface area contributed by atoms with E-state index in [2.05, 4.69) is 36.6 Å². The third kappa shape index (κ3) is 7.38. The first kappa shape index (κ1) is 36.7. The molecule has 17 heteroatoms. The van der Waals surface area contributed by atoms with Crippen LogP contribution in [0.15, 0.2) is 61.2 Å². The van der Waals surface area contributed by atoms with Crippen molar-refractivity contribution in [3.8, 4) is 5.75 Å². The first-order chi connectivity index (χ1) is 27.7. The summed E-state index contributed by atoms with van der Waals surface area (Å²) >= 11 is 0. The van der Waals surface area contributed by atoms with Crippen molar-refractivity contribution in [1.82, 2.24) is 39.5 Å². The second kappa shape index (κ2) is 15.2. The highest BCUT2D eigenvalue weighted by atomic mass is 19.3. The van der Waals surface area contributed by atoms with Gasteiger partial charge in [-0.25, -0.2) is 18.3 Å². The van der Waals surface area contributed by atoms with Gasteiger partial charge in [-0.05, 0) is 67.9 Å². The van der Waals surface area contributed by atoms with Gasteiger partial charge in [0.2, 0.25) is 11.8 Å². The number of piperidine rings is 1. The maximum Gasteiger partial charge on any atom is 0.272 e. The molecule has 3 aromatic heterocycles. The number of anilines is 2. The van der Waals surface area contributed by atoms with E-state index in [0.29, 0.717) is 35.6 Å². The van der Waals surface area contributed by atoms with Crippen molar-refractivity contribution in [2.75, 3.05) is 49.5 Å². The molecule has 4 amide bonds. The lowest BCUT2D eigenvalue weighted by atomic mass is 9.85. The van der Waals surface area contributed by atoms with Crippen LogP contribution in [0.3, 0.4) is 0 Å². The van der Waals surface area contributed by atoms with Gasteiger partial charge >= 0.3 is 0 Å². The van der Waals surface area contributed by atoms with Gasteiger partial charge in [-0.2, -0.15) is 10.2 Å². The Morgan fingerprint density at radius 2 is 1.84 bits per heavy atom. The first-order valence-electron chi connectivity index (χ1n) is 19.5. The van der Waals surface area contributed by atoms with E-state index in [1.165, 1.54) is 10.7 Å². The van der Waals surface area contributed by atoms with Crippen molar-refractivity contribution >= 4 is 51.6 Å². The van der Waals surface area contributed by atoms with E-state index in [4.69, 9.17) is 9.84 Å². The molecule has 6 heterocycles. The van der Waals surface area contributed by atoms with E-state index in [1.807, 2.05) is 23.0 Å². The number of alkyl halides is 2. The maximum atomic E-state index is 13.4. The Morgan fingerprint density at radius 1 is 1.02 bits per heavy atom. The zero-order valence-electron chi connectivity index (χ0n) is 31.2. The molecule has 15 nitrogen and oxygen atoms in total. The zero-order chi connectivity index (χ0) is 39.2. The number of hydrogen-bond donors (Lipinski definition) is 2. The molecule has 2 aromatic carbocycles. The summed E-state index contributed by atoms with van der Waals surface area (Å²) in [6.07, 6.45) is 8.49. The number of amides is 4. The fraction of sp³-hybridized carbons (Fsp3) is 0.425. The number of imide groups is 1. The average molecular weight is 781 g/mol. The highest BCUT2D eigenvalue weighted by Gasteiger charge is 2.39. The summed E-state index contributed by atoms with van der Waals surface area (Å²) in [7, 11) is 0. The molecule has 1 unspecified atom stereocenters. The molecule has 0 spiro atoms. The number of piperazine rings is 1. The number of aromatic nitrogens is 5. The normalized spacial score (nSPS) is 21.7. The Balaban J connectivity index is 0.794. The number of rotatable bonds is 10. The highest BCUT2D eigenvalue weighted by molar-refractivity contribution is 6.09. The van der Waals surface area contributed by atoms with Gasteiger partial charge in [0.15, 0.2) is 5.65 Å². The Kier molecular flexibility index (Phi) is 9.76. The maximum absolute atomic E-state index is 13.4. The first-order valence-corrected chi connectivity index (χ1v) is 19.5. The summed E-state index contributed by atoms with van der Waals surface area (Å²) in [6, 6.07) is 10.6. The molecule has 9 rings (SSSR count). The fourth-order valence-corrected chi connectivity index (χ4v) is 8.69. The minimum Gasteiger partial charge on any atom is -0.485 e. The Morgan fingerprint density at radius 3 is 2.63 bits per heavy atom. The molecule has 0 bridgehead atoms. The smallest absolute Gasteiger partial charge is 0.272 e. The van der Waals surface area contributed by atoms with Gasteiger partial charge in [-0.1, -0.05) is 6.07 Å². The Labute approximate surface area is 325 Å². The summed E-state index contributed by atoms with van der Waals surface area (Å²) in [6.45, 7) is 4.09. The van der Waals surface area contributed by atoms with E-state index >= 15 is 0 Å². The second-order valence-electron chi connectivity index (χ2n) is 15.3. The predicted octanol–water partition coefficient (Wildman–Crippen LogP) is 4.29. The summed E-state index contributed by atoms with van der Waals surface area (Å²) in [5, 5.41) is 14.9. The number of ether oxygens (including phenoxy) is 1. The SMILES string of the molecule is O=C1CCC(N2Cc3ccc(N4CCN(CC5CCC(n6cc7cc(NC(=O)c8cnn9cccnc89)c(OCC(F)F)cc7n6)CC5)CC4)cc3C2=O)C(=O)N1. The molecule has 5 aromatic rings. The largest absolute Gasteiger partial charge is 0.485 e. The lowest BCUT2D eigenvalue weighted by Crippen LogP contribution is -2.52. The lowest BCUT2D eigenvalue weighted by molar-refractivity contribution is -0.136. The van der Waals surface area contributed by atoms with Crippen LogP contribution in [0, 0.1) is 5.92 Å². The summed E-state index contributed by atoms with van der Waals surface area (Å²) in [5.41, 5.74) is 4.00. The predicted molar refractivity (Wildman–Crippen MR) is 204 cm³/mol. The molecule has 3 aliphatic heterocycles. The van der Waals surface area contributed by atoms with Crippen LogP contribution in [-0.2, 0) is 16.1 Å². The van der Waals surface area contributed by atoms with Crippen LogP contribution in [0.2, 0.25) is 0 Å². The molecule has 1 saturated carbocycles. The number of nitrogens with zero attached hydrogens (tertiary/aromatic N) is 8. The van der Waals surface area contributed by atoms with Crippen molar-refractivity contribution in [2.24, 2.45) is 5.92 Å². The van der Waals surface area contributed by atoms with Crippen LogP contribution < -0.4 is 20.3 Å². The zero-order valence-corrected chi connectivity index (χ0v) is 31.2. The van der Waals surface area contributed by atoms with Crippen molar-refractivity contribution in [2.45, 2.75) is 63.6 Å². The number of benzene rings is 2. The number of fused-ring (bicyclic) bond motifs is 3. The lowest BCUT2D eigenvalue weighted by Gasteiger charge is -2.39. The van der Waals surface area contributed by atoms with Crippen molar-refractivity contribution < 1.29 is 32.7 Å². The van der Waals surface area contributed by atoms with Crippen molar-refractivity contribution in [3.63, 3.8) is 0 Å². The van der Waals surface area contributed by atoms with Gasteiger partial charge in [0.1, 0.15) is 24.0 Å². The second-order valence-corrected chi connectivity index (χ2v) is 15.3. The van der Waals surface area contributed by atoms with Crippen LogP contribution in [-0.4, -0.2) is 110 Å². The van der Waals surface area contributed by atoms with Gasteiger partial charge in [0.25, 0.3) is 18.2 Å². The molecule has 4 aliphatic rings. The summed E-state index contributed by atoms with van der Waals surface area (Å²) in [4.78, 5) is 61.4.